The van der Waals surface area contributed by atoms with Gasteiger partial charge in [0.25, 0.3) is 5.91 Å². The molecule has 0 aliphatic carbocycles. The number of rotatable bonds is 9. The van der Waals surface area contributed by atoms with Crippen LogP contribution in [0, 0.1) is 0 Å². The summed E-state index contributed by atoms with van der Waals surface area (Å²) in [6.07, 6.45) is 3.61. The highest BCUT2D eigenvalue weighted by Crippen LogP contribution is 2.24. The van der Waals surface area contributed by atoms with E-state index in [9.17, 15) is 13.2 Å². The minimum Gasteiger partial charge on any atom is -0.337 e. The Morgan fingerprint density at radius 3 is 2.41 bits per heavy atom. The van der Waals surface area contributed by atoms with E-state index in [-0.39, 0.29) is 21.4 Å². The first-order chi connectivity index (χ1) is 15.3. The number of benzene rings is 2. The molecule has 0 saturated carbocycles. The summed E-state index contributed by atoms with van der Waals surface area (Å²) in [7, 11) is -2.04. The number of hydrogen-bond donors (Lipinski definition) is 0. The summed E-state index contributed by atoms with van der Waals surface area (Å²) in [5.41, 5.74) is 2.14. The van der Waals surface area contributed by atoms with Crippen LogP contribution in [0.25, 0.3) is 0 Å². The highest BCUT2D eigenvalue weighted by molar-refractivity contribution is 7.89. The number of amides is 1. The smallest absolute Gasteiger partial charge is 0.255 e. The standard InChI is InChI=1S/C23H27ClN4O3S/c1-4-28(5-2)32(30,31)20-11-12-22(24)21(13-20)23(29)26(3)15-19-14-25-27(17-19)16-18-9-7-6-8-10-18/h6-14,17H,4-5,15-16H2,1-3H3. The van der Waals surface area contributed by atoms with Gasteiger partial charge in [0.05, 0.1) is 28.2 Å². The lowest BCUT2D eigenvalue weighted by atomic mass is 10.2. The first-order valence-corrected chi connectivity index (χ1v) is 12.2. The molecule has 0 spiro atoms. The number of hydrogen-bond acceptors (Lipinski definition) is 4. The predicted octanol–water partition coefficient (Wildman–Crippen LogP) is 3.89. The number of aromatic nitrogens is 2. The summed E-state index contributed by atoms with van der Waals surface area (Å²) in [5.74, 6) is -0.359. The van der Waals surface area contributed by atoms with E-state index in [1.807, 2.05) is 41.2 Å². The van der Waals surface area contributed by atoms with E-state index in [1.54, 1.807) is 27.1 Å². The van der Waals surface area contributed by atoms with Gasteiger partial charge in [0.1, 0.15) is 0 Å². The number of carbonyl (C=O) groups is 1. The van der Waals surface area contributed by atoms with Gasteiger partial charge < -0.3 is 4.90 Å². The molecule has 0 fully saturated rings. The minimum atomic E-state index is -3.69. The zero-order chi connectivity index (χ0) is 23.3. The van der Waals surface area contributed by atoms with Crippen molar-refractivity contribution in [2.75, 3.05) is 20.1 Å². The Balaban J connectivity index is 1.76. The quantitative estimate of drug-likeness (QED) is 0.471. The second-order valence-corrected chi connectivity index (χ2v) is 9.77. The van der Waals surface area contributed by atoms with Crippen molar-refractivity contribution in [1.29, 1.82) is 0 Å². The van der Waals surface area contributed by atoms with Gasteiger partial charge in [-0.3, -0.25) is 9.48 Å². The Bertz CT molecular complexity index is 1170. The maximum Gasteiger partial charge on any atom is 0.255 e. The summed E-state index contributed by atoms with van der Waals surface area (Å²) < 4.78 is 28.8. The van der Waals surface area contributed by atoms with E-state index in [0.29, 0.717) is 26.2 Å². The molecule has 0 saturated heterocycles. The summed E-state index contributed by atoms with van der Waals surface area (Å²) in [6, 6.07) is 14.2. The van der Waals surface area contributed by atoms with E-state index in [0.717, 1.165) is 11.1 Å². The molecule has 3 aromatic rings. The van der Waals surface area contributed by atoms with Gasteiger partial charge in [-0.15, -0.1) is 0 Å². The highest BCUT2D eigenvalue weighted by Gasteiger charge is 2.25. The third-order valence-corrected chi connectivity index (χ3v) is 7.53. The van der Waals surface area contributed by atoms with Crippen LogP contribution in [0.15, 0.2) is 65.8 Å². The van der Waals surface area contributed by atoms with Gasteiger partial charge in [0, 0.05) is 38.4 Å². The molecule has 32 heavy (non-hydrogen) atoms. The fraction of sp³-hybridized carbons (Fsp3) is 0.304. The van der Waals surface area contributed by atoms with Crippen LogP contribution >= 0.6 is 11.6 Å². The molecule has 3 rings (SSSR count). The van der Waals surface area contributed by atoms with Gasteiger partial charge in [0.15, 0.2) is 0 Å². The molecular formula is C23H27ClN4O3S. The molecule has 9 heteroatoms. The number of halogens is 1. The zero-order valence-corrected chi connectivity index (χ0v) is 20.0. The van der Waals surface area contributed by atoms with Gasteiger partial charge in [-0.2, -0.15) is 9.40 Å². The molecule has 0 aliphatic rings. The molecule has 0 atom stereocenters. The van der Waals surface area contributed by atoms with Crippen molar-refractivity contribution < 1.29 is 13.2 Å². The molecule has 1 aromatic heterocycles. The van der Waals surface area contributed by atoms with Gasteiger partial charge in [-0.25, -0.2) is 8.42 Å². The molecule has 0 unspecified atom stereocenters. The van der Waals surface area contributed by atoms with E-state index >= 15 is 0 Å². The van der Waals surface area contributed by atoms with Crippen molar-refractivity contribution in [3.8, 4) is 0 Å². The van der Waals surface area contributed by atoms with Gasteiger partial charge >= 0.3 is 0 Å². The minimum absolute atomic E-state index is 0.0537. The van der Waals surface area contributed by atoms with Crippen LogP contribution in [0.1, 0.15) is 35.3 Å². The molecule has 0 N–H and O–H groups in total. The van der Waals surface area contributed by atoms with E-state index in [4.69, 9.17) is 11.6 Å². The Labute approximate surface area is 194 Å². The summed E-state index contributed by atoms with van der Waals surface area (Å²) in [6.45, 7) is 5.19. The molecule has 2 aromatic carbocycles. The number of sulfonamides is 1. The number of nitrogens with zero attached hydrogens (tertiary/aromatic N) is 4. The monoisotopic (exact) mass is 474 g/mol. The average Bonchev–Trinajstić information content (AvgIpc) is 3.21. The van der Waals surface area contributed by atoms with Crippen molar-refractivity contribution in [3.63, 3.8) is 0 Å². The average molecular weight is 475 g/mol. The Morgan fingerprint density at radius 2 is 1.75 bits per heavy atom. The maximum atomic E-state index is 13.1. The maximum absolute atomic E-state index is 13.1. The third-order valence-electron chi connectivity index (χ3n) is 5.15. The topological polar surface area (TPSA) is 75.5 Å². The normalized spacial score (nSPS) is 11.7. The summed E-state index contributed by atoms with van der Waals surface area (Å²) in [5, 5.41) is 4.58. The highest BCUT2D eigenvalue weighted by atomic mass is 35.5. The van der Waals surface area contributed by atoms with E-state index < -0.39 is 10.0 Å². The van der Waals surface area contributed by atoms with Crippen LogP contribution < -0.4 is 0 Å². The molecule has 1 amide bonds. The molecule has 1 heterocycles. The zero-order valence-electron chi connectivity index (χ0n) is 18.4. The predicted molar refractivity (Wildman–Crippen MR) is 125 cm³/mol. The van der Waals surface area contributed by atoms with Crippen molar-refractivity contribution in [3.05, 3.63) is 82.6 Å². The van der Waals surface area contributed by atoms with E-state index in [2.05, 4.69) is 5.10 Å². The SMILES string of the molecule is CCN(CC)S(=O)(=O)c1ccc(Cl)c(C(=O)N(C)Cc2cnn(Cc3ccccc3)c2)c1. The molecule has 0 bridgehead atoms. The van der Waals surface area contributed by atoms with Crippen LogP contribution in [0.4, 0.5) is 0 Å². The van der Waals surface area contributed by atoms with Crippen LogP contribution in [0.3, 0.4) is 0 Å². The molecular weight excluding hydrogens is 448 g/mol. The molecule has 0 aliphatic heterocycles. The Morgan fingerprint density at radius 1 is 1.06 bits per heavy atom. The molecule has 0 radical (unpaired) electrons. The van der Waals surface area contributed by atoms with Crippen LogP contribution in [-0.2, 0) is 23.1 Å². The van der Waals surface area contributed by atoms with Crippen molar-refractivity contribution in [2.24, 2.45) is 0 Å². The largest absolute Gasteiger partial charge is 0.337 e. The lowest BCUT2D eigenvalue weighted by Crippen LogP contribution is -2.31. The van der Waals surface area contributed by atoms with Gasteiger partial charge in [-0.05, 0) is 23.8 Å². The second-order valence-electron chi connectivity index (χ2n) is 7.42. The Kier molecular flexibility index (Phi) is 7.71. The first kappa shape index (κ1) is 24.0. The van der Waals surface area contributed by atoms with Crippen molar-refractivity contribution >= 4 is 27.5 Å². The molecule has 7 nitrogen and oxygen atoms in total. The van der Waals surface area contributed by atoms with Gasteiger partial charge in [-0.1, -0.05) is 55.8 Å². The summed E-state index contributed by atoms with van der Waals surface area (Å²) >= 11 is 6.26. The lowest BCUT2D eigenvalue weighted by molar-refractivity contribution is 0.0785. The van der Waals surface area contributed by atoms with Crippen molar-refractivity contribution in [2.45, 2.75) is 31.8 Å². The summed E-state index contributed by atoms with van der Waals surface area (Å²) in [4.78, 5) is 14.6. The lowest BCUT2D eigenvalue weighted by Gasteiger charge is -2.20. The fourth-order valence-electron chi connectivity index (χ4n) is 3.44. The third kappa shape index (κ3) is 5.38. The number of carbonyl (C=O) groups excluding carboxylic acids is 1. The van der Waals surface area contributed by atoms with Crippen molar-refractivity contribution in [1.82, 2.24) is 19.0 Å². The second kappa shape index (κ2) is 10.3. The van der Waals surface area contributed by atoms with Crippen LogP contribution in [0.2, 0.25) is 5.02 Å². The van der Waals surface area contributed by atoms with E-state index in [1.165, 1.54) is 27.4 Å². The first-order valence-electron chi connectivity index (χ1n) is 10.4. The molecule has 170 valence electrons. The Hall–Kier alpha value is -2.68. The van der Waals surface area contributed by atoms with Gasteiger partial charge in [0.2, 0.25) is 10.0 Å². The van der Waals surface area contributed by atoms with Crippen LogP contribution in [-0.4, -0.2) is 53.4 Å². The van der Waals surface area contributed by atoms with Crippen LogP contribution in [0.5, 0.6) is 0 Å². The fourth-order valence-corrected chi connectivity index (χ4v) is 5.12.